The predicted molar refractivity (Wildman–Crippen MR) is 58.3 cm³/mol. The van der Waals surface area contributed by atoms with Crippen LogP contribution in [-0.2, 0) is 6.42 Å². The highest BCUT2D eigenvalue weighted by molar-refractivity contribution is 5.39. The molecule has 2 aliphatic carbocycles. The molecule has 3 atom stereocenters. The van der Waals surface area contributed by atoms with Crippen molar-refractivity contribution in [3.8, 4) is 0 Å². The van der Waals surface area contributed by atoms with Crippen molar-refractivity contribution in [3.05, 3.63) is 11.3 Å². The predicted octanol–water partition coefficient (Wildman–Crippen LogP) is 2.54. The SMILES string of the molecule is Cc1c(N)noc1CC1CC2CCC1C2. The Kier molecular flexibility index (Phi) is 2.01. The second kappa shape index (κ2) is 3.26. The molecule has 0 aliphatic heterocycles. The molecule has 3 heteroatoms. The van der Waals surface area contributed by atoms with Crippen molar-refractivity contribution < 1.29 is 4.52 Å². The van der Waals surface area contributed by atoms with Gasteiger partial charge in [0.15, 0.2) is 5.82 Å². The van der Waals surface area contributed by atoms with Crippen LogP contribution in [0, 0.1) is 24.7 Å². The average molecular weight is 206 g/mol. The second-order valence-corrected chi connectivity index (χ2v) is 5.26. The summed E-state index contributed by atoms with van der Waals surface area (Å²) in [7, 11) is 0. The fraction of sp³-hybridized carbons (Fsp3) is 0.750. The third-order valence-corrected chi connectivity index (χ3v) is 4.39. The van der Waals surface area contributed by atoms with Crippen molar-refractivity contribution in [3.63, 3.8) is 0 Å². The third-order valence-electron chi connectivity index (χ3n) is 4.39. The summed E-state index contributed by atoms with van der Waals surface area (Å²) in [6.45, 7) is 2.01. The molecule has 0 radical (unpaired) electrons. The van der Waals surface area contributed by atoms with Crippen molar-refractivity contribution in [2.75, 3.05) is 5.73 Å². The first-order valence-corrected chi connectivity index (χ1v) is 5.94. The summed E-state index contributed by atoms with van der Waals surface area (Å²) in [6.07, 6.45) is 6.78. The molecule has 1 heterocycles. The number of nitrogens with zero attached hydrogens (tertiary/aromatic N) is 1. The normalized spacial score (nSPS) is 33.8. The van der Waals surface area contributed by atoms with Crippen molar-refractivity contribution >= 4 is 5.82 Å². The number of nitrogens with two attached hydrogens (primary N) is 1. The summed E-state index contributed by atoms with van der Waals surface area (Å²) in [5, 5.41) is 3.82. The topological polar surface area (TPSA) is 52.0 Å². The van der Waals surface area contributed by atoms with E-state index in [0.717, 1.165) is 35.5 Å². The molecule has 2 fully saturated rings. The molecule has 0 amide bonds. The summed E-state index contributed by atoms with van der Waals surface area (Å²) < 4.78 is 5.29. The Hall–Kier alpha value is -0.990. The molecule has 1 aromatic rings. The number of rotatable bonds is 2. The van der Waals surface area contributed by atoms with Crippen LogP contribution in [0.1, 0.15) is 37.0 Å². The molecular formula is C12H18N2O. The fourth-order valence-electron chi connectivity index (χ4n) is 3.44. The van der Waals surface area contributed by atoms with Gasteiger partial charge in [0.1, 0.15) is 5.76 Å². The molecule has 82 valence electrons. The van der Waals surface area contributed by atoms with Gasteiger partial charge >= 0.3 is 0 Å². The Labute approximate surface area is 90.0 Å². The van der Waals surface area contributed by atoms with Gasteiger partial charge in [0.25, 0.3) is 0 Å². The number of fused-ring (bicyclic) bond motifs is 2. The van der Waals surface area contributed by atoms with Crippen LogP contribution in [0.3, 0.4) is 0 Å². The Balaban J connectivity index is 1.73. The highest BCUT2D eigenvalue weighted by Crippen LogP contribution is 2.49. The summed E-state index contributed by atoms with van der Waals surface area (Å²) >= 11 is 0. The van der Waals surface area contributed by atoms with Gasteiger partial charge < -0.3 is 10.3 Å². The van der Waals surface area contributed by atoms with Crippen LogP contribution < -0.4 is 5.73 Å². The van der Waals surface area contributed by atoms with Crippen LogP contribution in [0.4, 0.5) is 5.82 Å². The van der Waals surface area contributed by atoms with E-state index < -0.39 is 0 Å². The molecule has 2 aliphatic rings. The lowest BCUT2D eigenvalue weighted by atomic mass is 9.85. The fourth-order valence-corrected chi connectivity index (χ4v) is 3.44. The van der Waals surface area contributed by atoms with Crippen LogP contribution >= 0.6 is 0 Å². The third kappa shape index (κ3) is 1.45. The molecule has 3 rings (SSSR count). The summed E-state index contributed by atoms with van der Waals surface area (Å²) in [5.74, 6) is 4.36. The minimum atomic E-state index is 0.563. The number of hydrogen-bond acceptors (Lipinski definition) is 3. The molecule has 0 saturated heterocycles. The molecule has 1 aromatic heterocycles. The van der Waals surface area contributed by atoms with E-state index in [1.807, 2.05) is 6.92 Å². The van der Waals surface area contributed by atoms with Crippen molar-refractivity contribution in [2.45, 2.75) is 39.0 Å². The zero-order valence-corrected chi connectivity index (χ0v) is 9.20. The van der Waals surface area contributed by atoms with Gasteiger partial charge in [-0.2, -0.15) is 0 Å². The Morgan fingerprint density at radius 3 is 2.80 bits per heavy atom. The zero-order valence-electron chi connectivity index (χ0n) is 9.20. The first-order valence-electron chi connectivity index (χ1n) is 5.94. The van der Waals surface area contributed by atoms with Crippen LogP contribution in [0.25, 0.3) is 0 Å². The molecule has 3 unspecified atom stereocenters. The van der Waals surface area contributed by atoms with Gasteiger partial charge in [-0.05, 0) is 43.9 Å². The second-order valence-electron chi connectivity index (χ2n) is 5.26. The number of aromatic nitrogens is 1. The Morgan fingerprint density at radius 1 is 1.40 bits per heavy atom. The lowest BCUT2D eigenvalue weighted by Crippen LogP contribution is -2.13. The highest BCUT2D eigenvalue weighted by Gasteiger charge is 2.39. The van der Waals surface area contributed by atoms with Crippen LogP contribution in [0.15, 0.2) is 4.52 Å². The van der Waals surface area contributed by atoms with E-state index in [0.29, 0.717) is 5.82 Å². The van der Waals surface area contributed by atoms with Crippen molar-refractivity contribution in [1.82, 2.24) is 5.16 Å². The van der Waals surface area contributed by atoms with E-state index in [1.165, 1.54) is 25.7 Å². The number of nitrogen functional groups attached to an aromatic ring is 1. The monoisotopic (exact) mass is 206 g/mol. The molecule has 0 aromatic carbocycles. The Bertz CT molecular complexity index is 372. The molecule has 0 spiro atoms. The molecule has 3 nitrogen and oxygen atoms in total. The molecule has 2 bridgehead atoms. The Morgan fingerprint density at radius 2 is 2.27 bits per heavy atom. The maximum Gasteiger partial charge on any atom is 0.169 e. The summed E-state index contributed by atoms with van der Waals surface area (Å²) in [4.78, 5) is 0. The molecular weight excluding hydrogens is 188 g/mol. The molecule has 2 saturated carbocycles. The quantitative estimate of drug-likeness (QED) is 0.809. The van der Waals surface area contributed by atoms with Crippen molar-refractivity contribution in [1.29, 1.82) is 0 Å². The summed E-state index contributed by atoms with van der Waals surface area (Å²) in [5.41, 5.74) is 6.74. The number of anilines is 1. The van der Waals surface area contributed by atoms with Crippen LogP contribution in [0.2, 0.25) is 0 Å². The van der Waals surface area contributed by atoms with Gasteiger partial charge in [-0.3, -0.25) is 0 Å². The van der Waals surface area contributed by atoms with Crippen molar-refractivity contribution in [2.24, 2.45) is 17.8 Å². The van der Waals surface area contributed by atoms with Crippen LogP contribution in [0.5, 0.6) is 0 Å². The maximum atomic E-state index is 5.69. The van der Waals surface area contributed by atoms with Gasteiger partial charge in [-0.25, -0.2) is 0 Å². The first kappa shape index (κ1) is 9.25. The smallest absolute Gasteiger partial charge is 0.169 e. The van der Waals surface area contributed by atoms with E-state index >= 15 is 0 Å². The van der Waals surface area contributed by atoms with Gasteiger partial charge in [-0.15, -0.1) is 0 Å². The minimum absolute atomic E-state index is 0.563. The largest absolute Gasteiger partial charge is 0.381 e. The van der Waals surface area contributed by atoms with Gasteiger partial charge in [0.05, 0.1) is 0 Å². The zero-order chi connectivity index (χ0) is 10.4. The van der Waals surface area contributed by atoms with E-state index in [-0.39, 0.29) is 0 Å². The van der Waals surface area contributed by atoms with Gasteiger partial charge in [0.2, 0.25) is 0 Å². The first-order chi connectivity index (χ1) is 7.24. The summed E-state index contributed by atoms with van der Waals surface area (Å²) in [6, 6.07) is 0. The van der Waals surface area contributed by atoms with E-state index in [4.69, 9.17) is 10.3 Å². The average Bonchev–Trinajstić information content (AvgIpc) is 2.89. The van der Waals surface area contributed by atoms with E-state index in [9.17, 15) is 0 Å². The number of hydrogen-bond donors (Lipinski definition) is 1. The standard InChI is InChI=1S/C12H18N2O/c1-7-11(15-14-12(7)13)6-10-5-8-2-3-9(10)4-8/h8-10H,2-6H2,1H3,(H2,13,14). The highest BCUT2D eigenvalue weighted by atomic mass is 16.5. The van der Waals surface area contributed by atoms with Crippen LogP contribution in [-0.4, -0.2) is 5.16 Å². The van der Waals surface area contributed by atoms with Gasteiger partial charge in [-0.1, -0.05) is 11.6 Å². The maximum absolute atomic E-state index is 5.69. The minimum Gasteiger partial charge on any atom is -0.381 e. The van der Waals surface area contributed by atoms with E-state index in [2.05, 4.69) is 5.16 Å². The molecule has 2 N–H and O–H groups in total. The van der Waals surface area contributed by atoms with Gasteiger partial charge in [0, 0.05) is 12.0 Å². The lowest BCUT2D eigenvalue weighted by Gasteiger charge is -2.20. The lowest BCUT2D eigenvalue weighted by molar-refractivity contribution is 0.292. The molecule has 15 heavy (non-hydrogen) atoms. The van der Waals surface area contributed by atoms with E-state index in [1.54, 1.807) is 0 Å².